The number of carbonyl (C=O) groups is 1. The number of nitrogens with zero attached hydrogens (tertiary/aromatic N) is 6. The summed E-state index contributed by atoms with van der Waals surface area (Å²) >= 11 is 6.24. The fourth-order valence-corrected chi connectivity index (χ4v) is 5.83. The summed E-state index contributed by atoms with van der Waals surface area (Å²) in [6.07, 6.45) is 9.19. The maximum atomic E-state index is 13.0. The average Bonchev–Trinajstić information content (AvgIpc) is 3.29. The molecule has 4 heterocycles. The van der Waals surface area contributed by atoms with Gasteiger partial charge in [-0.2, -0.15) is 5.10 Å². The zero-order valence-electron chi connectivity index (χ0n) is 22.4. The summed E-state index contributed by atoms with van der Waals surface area (Å²) in [6, 6.07) is 2.51. The van der Waals surface area contributed by atoms with Crippen LogP contribution in [-0.2, 0) is 9.47 Å². The molecule has 1 aliphatic carbocycles. The molecule has 0 atom stereocenters. The number of aliphatic imine (C=N–C) groups is 1. The van der Waals surface area contributed by atoms with Gasteiger partial charge in [0.25, 0.3) is 0 Å². The van der Waals surface area contributed by atoms with Crippen LogP contribution in [0.25, 0.3) is 16.7 Å². The summed E-state index contributed by atoms with van der Waals surface area (Å²) < 4.78 is 12.5. The van der Waals surface area contributed by atoms with Crippen LogP contribution in [-0.4, -0.2) is 91.3 Å². The van der Waals surface area contributed by atoms with E-state index in [1.54, 1.807) is 6.08 Å². The van der Waals surface area contributed by atoms with Crippen molar-refractivity contribution in [1.29, 1.82) is 0 Å². The first-order valence-corrected chi connectivity index (χ1v) is 13.9. The number of methoxy groups -OCH3 is 1. The van der Waals surface area contributed by atoms with Gasteiger partial charge in [0.1, 0.15) is 17.5 Å². The number of aromatic nitrogens is 3. The number of carbonyl (C=O) groups excluding carboxylic acids is 1. The lowest BCUT2D eigenvalue weighted by Crippen LogP contribution is -2.49. The average molecular weight is 541 g/mol. The van der Waals surface area contributed by atoms with Gasteiger partial charge in [0, 0.05) is 51.3 Å². The Balaban J connectivity index is 1.60. The first-order chi connectivity index (χ1) is 18.5. The van der Waals surface area contributed by atoms with Crippen molar-refractivity contribution < 1.29 is 14.3 Å². The molecule has 2 aromatic heterocycles. The molecule has 204 valence electrons. The lowest BCUT2D eigenvalue weighted by atomic mass is 9.82. The van der Waals surface area contributed by atoms with Gasteiger partial charge in [-0.1, -0.05) is 24.1 Å². The molecular formula is C28H37ClN6O3. The SMILES string of the molecule is C=N/C(Cl)=C\C(=C/C)n1nc(C2CCC2)c2c(N3CCC(N4CCOCC4)CC3)cc(C(=O)COC)nc21. The largest absolute Gasteiger partial charge is 0.379 e. The number of morpholine rings is 1. The Morgan fingerprint density at radius 1 is 1.24 bits per heavy atom. The van der Waals surface area contributed by atoms with Crippen LogP contribution in [0.15, 0.2) is 28.4 Å². The second kappa shape index (κ2) is 12.1. The lowest BCUT2D eigenvalue weighted by Gasteiger charge is -2.41. The summed E-state index contributed by atoms with van der Waals surface area (Å²) in [6.45, 7) is 10.9. The standard InChI is InChI=1S/C28H37ClN6O3/c1-4-20(16-25(29)30-2)35-28-26(27(32-35)19-6-5-7-19)23(17-22(31-28)24(36)18-37-3)34-10-8-21(9-11-34)33-12-14-38-15-13-33/h4,16-17,19,21H,2,5-15,18H2,1,3H3/b20-4+,25-16-. The van der Waals surface area contributed by atoms with Crippen molar-refractivity contribution in [2.45, 2.75) is 51.0 Å². The third-order valence-electron chi connectivity index (χ3n) is 8.02. The molecule has 10 heteroatoms. The maximum absolute atomic E-state index is 13.0. The number of hydrogen-bond donors (Lipinski definition) is 0. The Morgan fingerprint density at radius 3 is 2.58 bits per heavy atom. The number of Topliss-reactive ketones (excluding diaryl/α,β-unsaturated/α-hetero) is 1. The fourth-order valence-electron chi connectivity index (χ4n) is 5.72. The zero-order valence-corrected chi connectivity index (χ0v) is 23.1. The molecule has 3 aliphatic rings. The highest BCUT2D eigenvalue weighted by atomic mass is 35.5. The third-order valence-corrected chi connectivity index (χ3v) is 8.25. The minimum absolute atomic E-state index is 0.0245. The van der Waals surface area contributed by atoms with E-state index in [0.29, 0.717) is 23.3 Å². The van der Waals surface area contributed by atoms with Crippen LogP contribution in [0.3, 0.4) is 0 Å². The molecule has 0 amide bonds. The molecule has 0 N–H and O–H groups in total. The highest BCUT2D eigenvalue weighted by molar-refractivity contribution is 6.30. The summed E-state index contributed by atoms with van der Waals surface area (Å²) in [7, 11) is 1.53. The predicted molar refractivity (Wildman–Crippen MR) is 151 cm³/mol. The Labute approximate surface area is 229 Å². The van der Waals surface area contributed by atoms with Gasteiger partial charge in [0.05, 0.1) is 35.7 Å². The van der Waals surface area contributed by atoms with Gasteiger partial charge in [0.2, 0.25) is 5.78 Å². The van der Waals surface area contributed by atoms with Gasteiger partial charge in [-0.05, 0) is 45.4 Å². The minimum Gasteiger partial charge on any atom is -0.379 e. The number of hydrogen-bond acceptors (Lipinski definition) is 8. The van der Waals surface area contributed by atoms with E-state index >= 15 is 0 Å². The summed E-state index contributed by atoms with van der Waals surface area (Å²) in [5.74, 6) is 0.223. The molecule has 0 aromatic carbocycles. The molecule has 0 bridgehead atoms. The highest BCUT2D eigenvalue weighted by Gasteiger charge is 2.32. The van der Waals surface area contributed by atoms with Crippen LogP contribution in [0.2, 0.25) is 0 Å². The van der Waals surface area contributed by atoms with Gasteiger partial charge in [0.15, 0.2) is 5.65 Å². The predicted octanol–water partition coefficient (Wildman–Crippen LogP) is 4.47. The fraction of sp³-hybridized carbons (Fsp3) is 0.571. The molecule has 38 heavy (non-hydrogen) atoms. The molecule has 9 nitrogen and oxygen atoms in total. The van der Waals surface area contributed by atoms with E-state index in [0.717, 1.165) is 87.5 Å². The van der Waals surface area contributed by atoms with Crippen molar-refractivity contribution in [2.24, 2.45) is 4.99 Å². The molecule has 0 spiro atoms. The van der Waals surface area contributed by atoms with E-state index in [2.05, 4.69) is 21.5 Å². The molecule has 3 fully saturated rings. The van der Waals surface area contributed by atoms with Gasteiger partial charge in [-0.15, -0.1) is 0 Å². The Morgan fingerprint density at radius 2 is 1.97 bits per heavy atom. The molecule has 2 aliphatic heterocycles. The van der Waals surface area contributed by atoms with E-state index < -0.39 is 0 Å². The lowest BCUT2D eigenvalue weighted by molar-refractivity contribution is 0.0115. The van der Waals surface area contributed by atoms with Crippen LogP contribution in [0, 0.1) is 0 Å². The quantitative estimate of drug-likeness (QED) is 0.201. The number of allylic oxidation sites excluding steroid dienone is 3. The molecule has 0 unspecified atom stereocenters. The summed E-state index contributed by atoms with van der Waals surface area (Å²) in [4.78, 5) is 26.7. The van der Waals surface area contributed by atoms with E-state index in [9.17, 15) is 4.79 Å². The van der Waals surface area contributed by atoms with Crippen molar-refractivity contribution in [3.63, 3.8) is 0 Å². The molecular weight excluding hydrogens is 504 g/mol. The molecule has 2 saturated heterocycles. The Bertz CT molecular complexity index is 1240. The Kier molecular flexibility index (Phi) is 8.57. The van der Waals surface area contributed by atoms with E-state index in [-0.39, 0.29) is 17.5 Å². The van der Waals surface area contributed by atoms with E-state index in [1.807, 2.05) is 23.7 Å². The van der Waals surface area contributed by atoms with Gasteiger partial charge in [-0.3, -0.25) is 14.7 Å². The zero-order chi connectivity index (χ0) is 26.6. The number of pyridine rings is 1. The molecule has 1 saturated carbocycles. The maximum Gasteiger partial charge on any atom is 0.206 e. The third kappa shape index (κ3) is 5.43. The van der Waals surface area contributed by atoms with Crippen LogP contribution >= 0.6 is 11.6 Å². The number of fused-ring (bicyclic) bond motifs is 1. The van der Waals surface area contributed by atoms with Crippen molar-refractivity contribution in [3.05, 3.63) is 34.8 Å². The number of piperidine rings is 1. The number of anilines is 1. The summed E-state index contributed by atoms with van der Waals surface area (Å²) in [5.41, 5.74) is 3.87. The first-order valence-electron chi connectivity index (χ1n) is 13.6. The minimum atomic E-state index is -0.153. The number of rotatable bonds is 9. The number of halogens is 1. The van der Waals surface area contributed by atoms with Crippen molar-refractivity contribution >= 4 is 46.5 Å². The normalized spacial score (nSPS) is 20.7. The molecule has 5 rings (SSSR count). The topological polar surface area (TPSA) is 85.1 Å². The summed E-state index contributed by atoms with van der Waals surface area (Å²) in [5, 5.41) is 6.39. The second-order valence-corrected chi connectivity index (χ2v) is 10.6. The second-order valence-electron chi connectivity index (χ2n) is 10.2. The van der Waals surface area contributed by atoms with Crippen molar-refractivity contribution in [2.75, 3.05) is 58.0 Å². The van der Waals surface area contributed by atoms with Gasteiger partial charge < -0.3 is 14.4 Å². The highest BCUT2D eigenvalue weighted by Crippen LogP contribution is 2.43. The van der Waals surface area contributed by atoms with Gasteiger partial charge >= 0.3 is 0 Å². The monoisotopic (exact) mass is 540 g/mol. The van der Waals surface area contributed by atoms with Crippen molar-refractivity contribution in [1.82, 2.24) is 19.7 Å². The van der Waals surface area contributed by atoms with Crippen molar-refractivity contribution in [3.8, 4) is 0 Å². The van der Waals surface area contributed by atoms with Crippen LogP contribution in [0.5, 0.6) is 0 Å². The smallest absolute Gasteiger partial charge is 0.206 e. The van der Waals surface area contributed by atoms with E-state index in [4.69, 9.17) is 31.2 Å². The van der Waals surface area contributed by atoms with Crippen LogP contribution in [0.1, 0.15) is 61.1 Å². The number of ketones is 1. The van der Waals surface area contributed by atoms with E-state index in [1.165, 1.54) is 13.5 Å². The van der Waals surface area contributed by atoms with Crippen LogP contribution < -0.4 is 4.90 Å². The van der Waals surface area contributed by atoms with Crippen LogP contribution in [0.4, 0.5) is 5.69 Å². The van der Waals surface area contributed by atoms with Gasteiger partial charge in [-0.25, -0.2) is 9.67 Å². The Hall–Kier alpha value is -2.59. The first kappa shape index (κ1) is 27.0. The molecule has 0 radical (unpaired) electrons. The molecule has 2 aromatic rings. The number of ether oxygens (including phenoxy) is 2.